The monoisotopic (exact) mass is 557 g/mol. The lowest BCUT2D eigenvalue weighted by atomic mass is 9.77. The van der Waals surface area contributed by atoms with Crippen molar-refractivity contribution in [1.29, 1.82) is 0 Å². The van der Waals surface area contributed by atoms with Gasteiger partial charge >= 0.3 is 12.4 Å². The number of halogens is 6. The molecule has 0 fully saturated rings. The van der Waals surface area contributed by atoms with E-state index in [2.05, 4.69) is 15.6 Å². The van der Waals surface area contributed by atoms with E-state index in [4.69, 9.17) is 4.74 Å². The Hall–Kier alpha value is -3.90. The zero-order valence-electron chi connectivity index (χ0n) is 20.9. The Labute approximate surface area is 219 Å². The average Bonchev–Trinajstić information content (AvgIpc) is 2.84. The molecule has 1 aromatic heterocycles. The van der Waals surface area contributed by atoms with Gasteiger partial charge < -0.3 is 15.4 Å². The molecule has 0 saturated carbocycles. The minimum Gasteiger partial charge on any atom is -0.494 e. The van der Waals surface area contributed by atoms with E-state index in [9.17, 15) is 40.7 Å². The van der Waals surface area contributed by atoms with Gasteiger partial charge in [-0.05, 0) is 48.7 Å². The van der Waals surface area contributed by atoms with Gasteiger partial charge in [0, 0.05) is 43.6 Å². The molecule has 0 spiro atoms. The second kappa shape index (κ2) is 11.5. The molecule has 7 nitrogen and oxygen atoms in total. The summed E-state index contributed by atoms with van der Waals surface area (Å²) >= 11 is 0. The molecule has 1 aliphatic rings. The molecule has 2 heterocycles. The van der Waals surface area contributed by atoms with Crippen LogP contribution in [0.4, 0.5) is 26.3 Å². The van der Waals surface area contributed by atoms with E-state index < -0.39 is 42.5 Å². The summed E-state index contributed by atoms with van der Waals surface area (Å²) in [5, 5.41) is 4.47. The third-order valence-electron chi connectivity index (χ3n) is 6.10. The molecule has 39 heavy (non-hydrogen) atoms. The molecule has 1 atom stereocenters. The van der Waals surface area contributed by atoms with Crippen LogP contribution in [-0.2, 0) is 15.1 Å². The standard InChI is InChI=1S/C26H25F6N3O4/c1-15(36)17-4-9-22(34-13-17)20-12-24(26(30,31)32,35-23(38)21(20)14-33-16(2)37)18-5-7-19(8-6-18)39-11-3-10-25(27,28)29/h4-9,13H,3,10-12,14H2,1-2H3,(H,33,37)(H,35,38)/t24-/m0/s1. The number of pyridine rings is 1. The maximum Gasteiger partial charge on any atom is 0.416 e. The molecule has 0 unspecified atom stereocenters. The second-order valence-electron chi connectivity index (χ2n) is 8.98. The van der Waals surface area contributed by atoms with Crippen molar-refractivity contribution in [1.82, 2.24) is 15.6 Å². The van der Waals surface area contributed by atoms with Crippen LogP contribution < -0.4 is 15.4 Å². The number of rotatable bonds is 9. The number of Topliss-reactive ketones (excluding diaryl/α,β-unsaturated/α-hetero) is 1. The number of carbonyl (C=O) groups is 3. The number of nitrogens with one attached hydrogen (secondary N) is 2. The number of alkyl halides is 6. The summed E-state index contributed by atoms with van der Waals surface area (Å²) in [6.07, 6.45) is -10.3. The number of amides is 2. The van der Waals surface area contributed by atoms with Crippen LogP contribution in [0.1, 0.15) is 54.7 Å². The maximum atomic E-state index is 14.7. The highest BCUT2D eigenvalue weighted by Gasteiger charge is 2.59. The SMILES string of the molecule is CC(=O)NCC1=C(c2ccc(C(C)=O)cn2)C[C@](c2ccc(OCCCC(F)(F)F)cc2)(C(F)(F)F)NC1=O. The predicted octanol–water partition coefficient (Wildman–Crippen LogP) is 4.87. The van der Waals surface area contributed by atoms with Crippen molar-refractivity contribution >= 4 is 23.2 Å². The predicted molar refractivity (Wildman–Crippen MR) is 128 cm³/mol. The minimum absolute atomic E-state index is 0.0217. The summed E-state index contributed by atoms with van der Waals surface area (Å²) in [7, 11) is 0. The van der Waals surface area contributed by atoms with Gasteiger partial charge in [-0.15, -0.1) is 0 Å². The number of ether oxygens (including phenoxy) is 1. The van der Waals surface area contributed by atoms with Crippen molar-refractivity contribution in [3.8, 4) is 5.75 Å². The van der Waals surface area contributed by atoms with E-state index in [1.54, 1.807) is 0 Å². The number of hydrogen-bond acceptors (Lipinski definition) is 5. The van der Waals surface area contributed by atoms with E-state index in [-0.39, 0.29) is 59.1 Å². The lowest BCUT2D eigenvalue weighted by Gasteiger charge is -2.41. The Bertz CT molecular complexity index is 1250. The minimum atomic E-state index is -5.00. The molecule has 0 saturated heterocycles. The van der Waals surface area contributed by atoms with E-state index in [1.165, 1.54) is 44.3 Å². The first-order valence-electron chi connectivity index (χ1n) is 11.8. The average molecular weight is 557 g/mol. The van der Waals surface area contributed by atoms with E-state index in [1.807, 2.05) is 0 Å². The number of ketones is 1. The lowest BCUT2D eigenvalue weighted by molar-refractivity contribution is -0.201. The number of aromatic nitrogens is 1. The Morgan fingerprint density at radius 3 is 2.23 bits per heavy atom. The van der Waals surface area contributed by atoms with Gasteiger partial charge in [0.15, 0.2) is 11.3 Å². The number of hydrogen-bond donors (Lipinski definition) is 2. The first-order valence-corrected chi connectivity index (χ1v) is 11.8. The third-order valence-corrected chi connectivity index (χ3v) is 6.10. The molecule has 2 amide bonds. The number of carbonyl (C=O) groups excluding carboxylic acids is 3. The third kappa shape index (κ3) is 7.15. The smallest absolute Gasteiger partial charge is 0.416 e. The topological polar surface area (TPSA) is 97.4 Å². The second-order valence-corrected chi connectivity index (χ2v) is 8.98. The zero-order chi connectivity index (χ0) is 29.0. The van der Waals surface area contributed by atoms with Crippen molar-refractivity contribution in [3.05, 3.63) is 65.0 Å². The van der Waals surface area contributed by atoms with Gasteiger partial charge in [0.25, 0.3) is 0 Å². The van der Waals surface area contributed by atoms with Crippen molar-refractivity contribution in [2.45, 2.75) is 51.0 Å². The molecule has 0 aliphatic carbocycles. The van der Waals surface area contributed by atoms with Gasteiger partial charge in [0.1, 0.15) is 5.75 Å². The van der Waals surface area contributed by atoms with Gasteiger partial charge in [-0.2, -0.15) is 26.3 Å². The van der Waals surface area contributed by atoms with Crippen LogP contribution in [0.25, 0.3) is 5.57 Å². The molecule has 0 bridgehead atoms. The van der Waals surface area contributed by atoms with E-state index >= 15 is 0 Å². The summed E-state index contributed by atoms with van der Waals surface area (Å²) in [4.78, 5) is 40.3. The van der Waals surface area contributed by atoms with E-state index in [0.717, 1.165) is 12.1 Å². The molecule has 3 rings (SSSR count). The van der Waals surface area contributed by atoms with Crippen LogP contribution in [0, 0.1) is 0 Å². The summed E-state index contributed by atoms with van der Waals surface area (Å²) in [6, 6.07) is 7.22. The Kier molecular flexibility index (Phi) is 8.71. The molecule has 0 radical (unpaired) electrons. The summed E-state index contributed by atoms with van der Waals surface area (Å²) < 4.78 is 86.3. The van der Waals surface area contributed by atoms with Gasteiger partial charge in [-0.3, -0.25) is 19.4 Å². The highest BCUT2D eigenvalue weighted by Crippen LogP contribution is 2.48. The van der Waals surface area contributed by atoms with Crippen LogP contribution in [-0.4, -0.2) is 48.1 Å². The molecule has 1 aliphatic heterocycles. The zero-order valence-corrected chi connectivity index (χ0v) is 20.9. The van der Waals surface area contributed by atoms with Gasteiger partial charge in [-0.25, -0.2) is 0 Å². The van der Waals surface area contributed by atoms with Crippen molar-refractivity contribution in [3.63, 3.8) is 0 Å². The first kappa shape index (κ1) is 29.7. The lowest BCUT2D eigenvalue weighted by Crippen LogP contribution is -2.59. The quantitative estimate of drug-likeness (QED) is 0.261. The van der Waals surface area contributed by atoms with Crippen molar-refractivity contribution in [2.75, 3.05) is 13.2 Å². The summed E-state index contributed by atoms with van der Waals surface area (Å²) in [6.45, 7) is 1.84. The molecular formula is C26H25F6N3O4. The van der Waals surface area contributed by atoms with Crippen molar-refractivity contribution < 1.29 is 45.5 Å². The van der Waals surface area contributed by atoms with Gasteiger partial charge in [0.05, 0.1) is 12.3 Å². The van der Waals surface area contributed by atoms with E-state index in [0.29, 0.717) is 0 Å². The largest absolute Gasteiger partial charge is 0.494 e. The van der Waals surface area contributed by atoms with Crippen LogP contribution in [0.3, 0.4) is 0 Å². The molecule has 13 heteroatoms. The molecule has 1 aromatic carbocycles. The van der Waals surface area contributed by atoms with Gasteiger partial charge in [0.2, 0.25) is 11.8 Å². The summed E-state index contributed by atoms with van der Waals surface area (Å²) in [5.41, 5.74) is -3.20. The Morgan fingerprint density at radius 2 is 1.72 bits per heavy atom. The molecule has 2 N–H and O–H groups in total. The Morgan fingerprint density at radius 1 is 1.05 bits per heavy atom. The Balaban J connectivity index is 1.99. The fourth-order valence-electron chi connectivity index (χ4n) is 4.06. The summed E-state index contributed by atoms with van der Waals surface area (Å²) in [5.74, 6) is -1.84. The highest BCUT2D eigenvalue weighted by molar-refractivity contribution is 6.04. The van der Waals surface area contributed by atoms with Crippen LogP contribution in [0.15, 0.2) is 48.2 Å². The van der Waals surface area contributed by atoms with Crippen LogP contribution in [0.2, 0.25) is 0 Å². The normalized spacial score (nSPS) is 18.0. The molecule has 2 aromatic rings. The fourth-order valence-corrected chi connectivity index (χ4v) is 4.06. The van der Waals surface area contributed by atoms with Crippen LogP contribution >= 0.6 is 0 Å². The van der Waals surface area contributed by atoms with Crippen molar-refractivity contribution in [2.24, 2.45) is 0 Å². The fraction of sp³-hybridized carbons (Fsp3) is 0.385. The number of benzene rings is 1. The molecule has 210 valence electrons. The first-order chi connectivity index (χ1) is 18.1. The van der Waals surface area contributed by atoms with Crippen LogP contribution in [0.5, 0.6) is 5.75 Å². The molecular weight excluding hydrogens is 532 g/mol. The number of nitrogens with zero attached hydrogens (tertiary/aromatic N) is 1. The highest BCUT2D eigenvalue weighted by atomic mass is 19.4. The van der Waals surface area contributed by atoms with Gasteiger partial charge in [-0.1, -0.05) is 12.1 Å². The maximum absolute atomic E-state index is 14.7.